The van der Waals surface area contributed by atoms with Gasteiger partial charge in [-0.05, 0) is 49.6 Å². The van der Waals surface area contributed by atoms with Crippen molar-refractivity contribution in [3.8, 4) is 11.5 Å². The van der Waals surface area contributed by atoms with E-state index in [0.717, 1.165) is 29.9 Å². The summed E-state index contributed by atoms with van der Waals surface area (Å²) in [5.41, 5.74) is 1.87. The number of nitrogens with zero attached hydrogens (tertiary/aromatic N) is 1. The Kier molecular flexibility index (Phi) is 4.94. The monoisotopic (exact) mass is 424 g/mol. The molecule has 0 radical (unpaired) electrons. The van der Waals surface area contributed by atoms with Crippen LogP contribution in [0.5, 0.6) is 11.5 Å². The van der Waals surface area contributed by atoms with Crippen LogP contribution < -0.4 is 20.5 Å². The number of benzene rings is 2. The lowest BCUT2D eigenvalue weighted by molar-refractivity contribution is -0.124. The zero-order valence-corrected chi connectivity index (χ0v) is 17.3. The summed E-state index contributed by atoms with van der Waals surface area (Å²) in [7, 11) is 0. The molecular weight excluding hydrogens is 400 g/mol. The fourth-order valence-electron chi connectivity index (χ4n) is 4.43. The summed E-state index contributed by atoms with van der Waals surface area (Å²) < 4.78 is 23.2. The van der Waals surface area contributed by atoms with Crippen LogP contribution in [0.1, 0.15) is 31.4 Å². The Balaban J connectivity index is 1.38. The Hall–Kier alpha value is -3.26. The summed E-state index contributed by atoms with van der Waals surface area (Å²) in [6.07, 6.45) is 1.55. The van der Waals surface area contributed by atoms with Gasteiger partial charge in [0.15, 0.2) is 17.1 Å². The van der Waals surface area contributed by atoms with Gasteiger partial charge in [-0.15, -0.1) is 0 Å². The molecule has 3 heterocycles. The standard InChI is InChI=1S/C23H24N2O6/c1-15(25-17-4-2-3-5-18(17)31-22(25)27)21(26)24-13-23(8-10-28-11-9-23)16-6-7-19-20(12-16)30-14-29-19/h2-7,12,15H,8-11,13-14H2,1H3,(H,24,26). The Morgan fingerprint density at radius 2 is 1.90 bits per heavy atom. The molecule has 2 aliphatic heterocycles. The highest BCUT2D eigenvalue weighted by atomic mass is 16.7. The van der Waals surface area contributed by atoms with E-state index in [1.54, 1.807) is 25.1 Å². The van der Waals surface area contributed by atoms with E-state index in [9.17, 15) is 9.59 Å². The first-order valence-corrected chi connectivity index (χ1v) is 10.4. The molecule has 3 aromatic rings. The van der Waals surface area contributed by atoms with Crippen molar-refractivity contribution in [2.45, 2.75) is 31.2 Å². The highest BCUT2D eigenvalue weighted by Crippen LogP contribution is 2.40. The smallest absolute Gasteiger partial charge is 0.420 e. The first-order valence-electron chi connectivity index (χ1n) is 10.4. The van der Waals surface area contributed by atoms with Crippen LogP contribution in [0.25, 0.3) is 11.1 Å². The van der Waals surface area contributed by atoms with E-state index >= 15 is 0 Å². The van der Waals surface area contributed by atoms with Gasteiger partial charge in [0.25, 0.3) is 0 Å². The predicted octanol–water partition coefficient (Wildman–Crippen LogP) is 2.75. The van der Waals surface area contributed by atoms with Gasteiger partial charge >= 0.3 is 5.76 Å². The number of hydrogen-bond acceptors (Lipinski definition) is 6. The van der Waals surface area contributed by atoms with Gasteiger partial charge in [0, 0.05) is 25.2 Å². The number of nitrogens with one attached hydrogen (secondary N) is 1. The van der Waals surface area contributed by atoms with Gasteiger partial charge < -0.3 is 23.9 Å². The van der Waals surface area contributed by atoms with E-state index in [4.69, 9.17) is 18.6 Å². The average Bonchev–Trinajstić information content (AvgIpc) is 3.40. The van der Waals surface area contributed by atoms with Gasteiger partial charge in [0.2, 0.25) is 12.7 Å². The summed E-state index contributed by atoms with van der Waals surface area (Å²) in [6, 6.07) is 12.3. The van der Waals surface area contributed by atoms with Gasteiger partial charge in [0.1, 0.15) is 6.04 Å². The molecule has 0 bridgehead atoms. The van der Waals surface area contributed by atoms with Crippen LogP contribution in [0.2, 0.25) is 0 Å². The van der Waals surface area contributed by atoms with Gasteiger partial charge in [-0.3, -0.25) is 9.36 Å². The number of para-hydroxylation sites is 2. The number of carbonyl (C=O) groups is 1. The molecule has 8 heteroatoms. The Morgan fingerprint density at radius 3 is 2.74 bits per heavy atom. The lowest BCUT2D eigenvalue weighted by atomic mass is 9.74. The van der Waals surface area contributed by atoms with Crippen molar-refractivity contribution >= 4 is 17.0 Å². The SMILES string of the molecule is CC(C(=O)NCC1(c2ccc3c(c2)OCO3)CCOCC1)n1c(=O)oc2ccccc21. The third-order valence-corrected chi connectivity index (χ3v) is 6.32. The van der Waals surface area contributed by atoms with Gasteiger partial charge in [-0.25, -0.2) is 4.79 Å². The third kappa shape index (κ3) is 3.46. The summed E-state index contributed by atoms with van der Waals surface area (Å²) in [5, 5.41) is 3.07. The summed E-state index contributed by atoms with van der Waals surface area (Å²) in [5.74, 6) is 0.676. The van der Waals surface area contributed by atoms with Crippen LogP contribution in [0.4, 0.5) is 0 Å². The molecule has 1 fully saturated rings. The number of ether oxygens (including phenoxy) is 3. The van der Waals surface area contributed by atoms with E-state index in [-0.39, 0.29) is 18.1 Å². The molecular formula is C23H24N2O6. The first kappa shape index (κ1) is 19.7. The molecule has 2 aromatic carbocycles. The normalized spacial score (nSPS) is 18.1. The highest BCUT2D eigenvalue weighted by Gasteiger charge is 2.36. The Labute approximate surface area is 178 Å². The zero-order chi connectivity index (χ0) is 21.4. The minimum Gasteiger partial charge on any atom is -0.454 e. The second-order valence-corrected chi connectivity index (χ2v) is 8.06. The van der Waals surface area contributed by atoms with Gasteiger partial charge in [-0.1, -0.05) is 18.2 Å². The minimum atomic E-state index is -0.704. The van der Waals surface area contributed by atoms with Crippen molar-refractivity contribution in [2.75, 3.05) is 26.6 Å². The number of carbonyl (C=O) groups excluding carboxylic acids is 1. The average molecular weight is 424 g/mol. The summed E-state index contributed by atoms with van der Waals surface area (Å²) in [6.45, 7) is 3.59. The number of aromatic nitrogens is 1. The maximum Gasteiger partial charge on any atom is 0.420 e. The number of rotatable bonds is 5. The molecule has 1 saturated heterocycles. The molecule has 0 saturated carbocycles. The summed E-state index contributed by atoms with van der Waals surface area (Å²) >= 11 is 0. The lowest BCUT2D eigenvalue weighted by Crippen LogP contribution is -2.46. The predicted molar refractivity (Wildman–Crippen MR) is 112 cm³/mol. The fraction of sp³-hybridized carbons (Fsp3) is 0.391. The molecule has 5 rings (SSSR count). The Bertz CT molecular complexity index is 1170. The quantitative estimate of drug-likeness (QED) is 0.677. The van der Waals surface area contributed by atoms with E-state index in [2.05, 4.69) is 5.32 Å². The third-order valence-electron chi connectivity index (χ3n) is 6.32. The van der Waals surface area contributed by atoms with Crippen LogP contribution in [-0.2, 0) is 14.9 Å². The number of oxazole rings is 1. The lowest BCUT2D eigenvalue weighted by Gasteiger charge is -2.38. The minimum absolute atomic E-state index is 0.219. The van der Waals surface area contributed by atoms with Crippen molar-refractivity contribution < 1.29 is 23.4 Å². The van der Waals surface area contributed by atoms with E-state index in [1.165, 1.54) is 4.57 Å². The van der Waals surface area contributed by atoms with Crippen LogP contribution in [0, 0.1) is 0 Å². The molecule has 1 N–H and O–H groups in total. The van der Waals surface area contributed by atoms with Crippen molar-refractivity contribution in [1.82, 2.24) is 9.88 Å². The number of amides is 1. The molecule has 31 heavy (non-hydrogen) atoms. The molecule has 1 aromatic heterocycles. The van der Waals surface area contributed by atoms with Crippen molar-refractivity contribution in [2.24, 2.45) is 0 Å². The molecule has 8 nitrogen and oxygen atoms in total. The van der Waals surface area contributed by atoms with Gasteiger partial charge in [0.05, 0.1) is 5.52 Å². The van der Waals surface area contributed by atoms with Crippen molar-refractivity contribution in [3.05, 3.63) is 58.6 Å². The highest BCUT2D eigenvalue weighted by molar-refractivity contribution is 5.83. The molecule has 0 aliphatic carbocycles. The van der Waals surface area contributed by atoms with E-state index < -0.39 is 11.8 Å². The van der Waals surface area contributed by atoms with E-state index in [0.29, 0.717) is 30.9 Å². The van der Waals surface area contributed by atoms with E-state index in [1.807, 2.05) is 24.3 Å². The topological polar surface area (TPSA) is 91.9 Å². The van der Waals surface area contributed by atoms with Crippen LogP contribution in [0.3, 0.4) is 0 Å². The molecule has 2 aliphatic rings. The second kappa shape index (κ2) is 7.77. The van der Waals surface area contributed by atoms with Crippen LogP contribution in [-0.4, -0.2) is 37.0 Å². The second-order valence-electron chi connectivity index (χ2n) is 8.06. The molecule has 1 unspecified atom stereocenters. The fourth-order valence-corrected chi connectivity index (χ4v) is 4.43. The maximum atomic E-state index is 13.1. The van der Waals surface area contributed by atoms with Crippen molar-refractivity contribution in [3.63, 3.8) is 0 Å². The molecule has 0 spiro atoms. The van der Waals surface area contributed by atoms with Crippen molar-refractivity contribution in [1.29, 1.82) is 0 Å². The summed E-state index contributed by atoms with van der Waals surface area (Å²) in [4.78, 5) is 25.4. The maximum absolute atomic E-state index is 13.1. The molecule has 1 atom stereocenters. The molecule has 162 valence electrons. The number of hydrogen-bond donors (Lipinski definition) is 1. The first-order chi connectivity index (χ1) is 15.1. The van der Waals surface area contributed by atoms with Crippen LogP contribution in [0.15, 0.2) is 51.7 Å². The Morgan fingerprint density at radius 1 is 1.13 bits per heavy atom. The van der Waals surface area contributed by atoms with Crippen LogP contribution >= 0.6 is 0 Å². The van der Waals surface area contributed by atoms with Gasteiger partial charge in [-0.2, -0.15) is 0 Å². The molecule has 1 amide bonds. The zero-order valence-electron chi connectivity index (χ0n) is 17.3. The number of fused-ring (bicyclic) bond motifs is 2. The largest absolute Gasteiger partial charge is 0.454 e.